The molecule has 2 unspecified atom stereocenters. The predicted octanol–water partition coefficient (Wildman–Crippen LogP) is 1.43. The molecule has 90 valence electrons. The van der Waals surface area contributed by atoms with Crippen molar-refractivity contribution in [1.29, 1.82) is 0 Å². The minimum Gasteiger partial charge on any atom is -0.377 e. The fourth-order valence-electron chi connectivity index (χ4n) is 2.21. The highest BCUT2D eigenvalue weighted by molar-refractivity contribution is 6.30. The zero-order valence-corrected chi connectivity index (χ0v) is 10.5. The zero-order chi connectivity index (χ0) is 11.7. The Morgan fingerprint density at radius 1 is 1.69 bits per heavy atom. The van der Waals surface area contributed by atoms with E-state index >= 15 is 0 Å². The van der Waals surface area contributed by atoms with Gasteiger partial charge in [0.25, 0.3) is 0 Å². The van der Waals surface area contributed by atoms with Crippen LogP contribution < -0.4 is 5.73 Å². The number of aryl methyl sites for hydroxylation is 2. The van der Waals surface area contributed by atoms with Crippen molar-refractivity contribution in [3.8, 4) is 0 Å². The van der Waals surface area contributed by atoms with Crippen molar-refractivity contribution in [2.75, 3.05) is 6.61 Å². The molecule has 0 aromatic carbocycles. The lowest BCUT2D eigenvalue weighted by Crippen LogP contribution is -2.36. The first kappa shape index (κ1) is 11.9. The molecule has 2 rings (SSSR count). The molecule has 16 heavy (non-hydrogen) atoms. The van der Waals surface area contributed by atoms with Gasteiger partial charge in [0, 0.05) is 25.3 Å². The van der Waals surface area contributed by atoms with Gasteiger partial charge in [0.1, 0.15) is 5.15 Å². The zero-order valence-electron chi connectivity index (χ0n) is 9.74. The molecule has 1 saturated heterocycles. The molecule has 1 aliphatic rings. The normalized spacial score (nSPS) is 22.6. The molecule has 0 bridgehead atoms. The first-order valence-electron chi connectivity index (χ1n) is 5.64. The fraction of sp³-hybridized carbons (Fsp3) is 0.727. The summed E-state index contributed by atoms with van der Waals surface area (Å²) >= 11 is 6.17. The van der Waals surface area contributed by atoms with Crippen LogP contribution in [-0.2, 0) is 18.2 Å². The van der Waals surface area contributed by atoms with Crippen LogP contribution in [0, 0.1) is 6.92 Å². The van der Waals surface area contributed by atoms with E-state index in [1.54, 1.807) is 4.68 Å². The topological polar surface area (TPSA) is 53.1 Å². The molecule has 0 saturated carbocycles. The molecule has 1 aliphatic heterocycles. The minimum absolute atomic E-state index is 0.0166. The molecule has 0 spiro atoms. The van der Waals surface area contributed by atoms with Crippen molar-refractivity contribution >= 4 is 11.6 Å². The average molecular weight is 244 g/mol. The van der Waals surface area contributed by atoms with E-state index in [0.29, 0.717) is 5.15 Å². The van der Waals surface area contributed by atoms with Gasteiger partial charge in [0.2, 0.25) is 0 Å². The summed E-state index contributed by atoms with van der Waals surface area (Å²) in [4.78, 5) is 0. The van der Waals surface area contributed by atoms with E-state index < -0.39 is 0 Å². The maximum atomic E-state index is 6.17. The molecule has 2 heterocycles. The highest BCUT2D eigenvalue weighted by atomic mass is 35.5. The third-order valence-corrected chi connectivity index (χ3v) is 3.62. The Morgan fingerprint density at radius 3 is 2.94 bits per heavy atom. The summed E-state index contributed by atoms with van der Waals surface area (Å²) in [5, 5.41) is 4.96. The van der Waals surface area contributed by atoms with Crippen LogP contribution in [0.3, 0.4) is 0 Å². The molecule has 0 aliphatic carbocycles. The van der Waals surface area contributed by atoms with Crippen LogP contribution in [0.25, 0.3) is 0 Å². The number of hydrogen-bond acceptors (Lipinski definition) is 3. The molecule has 1 fully saturated rings. The Bertz CT molecular complexity index is 372. The Kier molecular flexibility index (Phi) is 3.52. The standard InChI is InChI=1S/C11H18ClN3O/c1-7-8(11(12)15(2)14-7)6-9(13)10-4-3-5-16-10/h9-10H,3-6,13H2,1-2H3. The van der Waals surface area contributed by atoms with Crippen molar-refractivity contribution in [2.45, 2.75) is 38.3 Å². The largest absolute Gasteiger partial charge is 0.377 e. The summed E-state index contributed by atoms with van der Waals surface area (Å²) in [6.45, 7) is 2.79. The molecule has 2 atom stereocenters. The van der Waals surface area contributed by atoms with Crippen LogP contribution in [0.2, 0.25) is 5.15 Å². The lowest BCUT2D eigenvalue weighted by molar-refractivity contribution is 0.0900. The van der Waals surface area contributed by atoms with Gasteiger partial charge in [-0.1, -0.05) is 11.6 Å². The summed E-state index contributed by atoms with van der Waals surface area (Å²) < 4.78 is 7.27. The minimum atomic E-state index is 0.0166. The van der Waals surface area contributed by atoms with Crippen LogP contribution in [0.4, 0.5) is 0 Å². The van der Waals surface area contributed by atoms with Crippen molar-refractivity contribution in [3.05, 3.63) is 16.4 Å². The number of nitrogens with two attached hydrogens (primary N) is 1. The summed E-state index contributed by atoms with van der Waals surface area (Å²) in [5.41, 5.74) is 8.14. The second kappa shape index (κ2) is 4.73. The maximum Gasteiger partial charge on any atom is 0.130 e. The quantitative estimate of drug-likeness (QED) is 0.874. The van der Waals surface area contributed by atoms with Crippen LogP contribution in [-0.4, -0.2) is 28.5 Å². The van der Waals surface area contributed by atoms with E-state index in [9.17, 15) is 0 Å². The summed E-state index contributed by atoms with van der Waals surface area (Å²) in [6, 6.07) is 0.0166. The fourth-order valence-corrected chi connectivity index (χ4v) is 2.46. The Balaban J connectivity index is 2.07. The highest BCUT2D eigenvalue weighted by Gasteiger charge is 2.25. The van der Waals surface area contributed by atoms with Gasteiger partial charge in [-0.3, -0.25) is 4.68 Å². The monoisotopic (exact) mass is 243 g/mol. The molecular weight excluding hydrogens is 226 g/mol. The lowest BCUT2D eigenvalue weighted by atomic mass is 10.0. The van der Waals surface area contributed by atoms with Gasteiger partial charge in [0.05, 0.1) is 11.8 Å². The maximum absolute atomic E-state index is 6.17. The van der Waals surface area contributed by atoms with Gasteiger partial charge < -0.3 is 10.5 Å². The van der Waals surface area contributed by atoms with Crippen LogP contribution in [0.5, 0.6) is 0 Å². The van der Waals surface area contributed by atoms with E-state index in [4.69, 9.17) is 22.1 Å². The number of nitrogens with zero attached hydrogens (tertiary/aromatic N) is 2. The lowest BCUT2D eigenvalue weighted by Gasteiger charge is -2.18. The first-order chi connectivity index (χ1) is 7.59. The Hall–Kier alpha value is -0.580. The van der Waals surface area contributed by atoms with Gasteiger partial charge >= 0.3 is 0 Å². The van der Waals surface area contributed by atoms with E-state index in [1.165, 1.54) is 0 Å². The summed E-state index contributed by atoms with van der Waals surface area (Å²) in [7, 11) is 1.84. The summed E-state index contributed by atoms with van der Waals surface area (Å²) in [6.07, 6.45) is 3.08. The van der Waals surface area contributed by atoms with Gasteiger partial charge in [-0.15, -0.1) is 0 Å². The number of aromatic nitrogens is 2. The second-order valence-electron chi connectivity index (χ2n) is 4.40. The Morgan fingerprint density at radius 2 is 2.44 bits per heavy atom. The number of hydrogen-bond donors (Lipinski definition) is 1. The van der Waals surface area contributed by atoms with E-state index in [-0.39, 0.29) is 12.1 Å². The van der Waals surface area contributed by atoms with E-state index in [0.717, 1.165) is 37.1 Å². The number of ether oxygens (including phenoxy) is 1. The number of halogens is 1. The second-order valence-corrected chi connectivity index (χ2v) is 4.76. The van der Waals surface area contributed by atoms with Gasteiger partial charge in [0.15, 0.2) is 0 Å². The third-order valence-electron chi connectivity index (χ3n) is 3.15. The smallest absolute Gasteiger partial charge is 0.130 e. The van der Waals surface area contributed by atoms with Gasteiger partial charge in [-0.25, -0.2) is 0 Å². The van der Waals surface area contributed by atoms with Crippen molar-refractivity contribution in [3.63, 3.8) is 0 Å². The van der Waals surface area contributed by atoms with Gasteiger partial charge in [-0.05, 0) is 26.2 Å². The van der Waals surface area contributed by atoms with Crippen LogP contribution in [0.1, 0.15) is 24.1 Å². The molecular formula is C11H18ClN3O. The summed E-state index contributed by atoms with van der Waals surface area (Å²) in [5.74, 6) is 0. The first-order valence-corrected chi connectivity index (χ1v) is 6.02. The molecule has 0 amide bonds. The molecule has 1 aromatic rings. The molecule has 1 aromatic heterocycles. The predicted molar refractivity (Wildman–Crippen MR) is 63.6 cm³/mol. The Labute approximate surface area is 101 Å². The van der Waals surface area contributed by atoms with Crippen molar-refractivity contribution < 1.29 is 4.74 Å². The van der Waals surface area contributed by atoms with Crippen molar-refractivity contribution in [1.82, 2.24) is 9.78 Å². The van der Waals surface area contributed by atoms with Crippen LogP contribution >= 0.6 is 11.6 Å². The average Bonchev–Trinajstić information content (AvgIpc) is 2.83. The number of rotatable bonds is 3. The SMILES string of the molecule is Cc1nn(C)c(Cl)c1CC(N)C1CCCO1. The van der Waals surface area contributed by atoms with E-state index in [2.05, 4.69) is 5.10 Å². The third kappa shape index (κ3) is 2.24. The van der Waals surface area contributed by atoms with Crippen LogP contribution in [0.15, 0.2) is 0 Å². The highest BCUT2D eigenvalue weighted by Crippen LogP contribution is 2.23. The molecule has 5 heteroatoms. The van der Waals surface area contributed by atoms with Crippen molar-refractivity contribution in [2.24, 2.45) is 12.8 Å². The van der Waals surface area contributed by atoms with Gasteiger partial charge in [-0.2, -0.15) is 5.10 Å². The molecule has 0 radical (unpaired) electrons. The molecule has 2 N–H and O–H groups in total. The molecule has 4 nitrogen and oxygen atoms in total. The van der Waals surface area contributed by atoms with E-state index in [1.807, 2.05) is 14.0 Å².